The van der Waals surface area contributed by atoms with Crippen LogP contribution in [0.25, 0.3) is 10.8 Å². The highest BCUT2D eigenvalue weighted by Crippen LogP contribution is 2.23. The van der Waals surface area contributed by atoms with E-state index in [0.717, 1.165) is 10.8 Å². The van der Waals surface area contributed by atoms with Crippen molar-refractivity contribution in [2.45, 2.75) is 10.6 Å². The molecule has 0 unspecified atom stereocenters. The third-order valence-electron chi connectivity index (χ3n) is 4.92. The summed E-state index contributed by atoms with van der Waals surface area (Å²) in [6.45, 7) is 0. The zero-order valence-corrected chi connectivity index (χ0v) is 17.3. The lowest BCUT2D eigenvalue weighted by Crippen LogP contribution is -2.06. The van der Waals surface area contributed by atoms with Gasteiger partial charge in [-0.15, -0.1) is 0 Å². The van der Waals surface area contributed by atoms with Crippen molar-refractivity contribution in [2.75, 3.05) is 0 Å². The Bertz CT molecular complexity index is 1440. The van der Waals surface area contributed by atoms with Crippen LogP contribution < -0.4 is 0 Å². The van der Waals surface area contributed by atoms with E-state index in [-0.39, 0.29) is 16.2 Å². The molecule has 31 heavy (non-hydrogen) atoms. The largest absolute Gasteiger partial charge is 0.478 e. The molecule has 1 N–H and O–H groups in total. The van der Waals surface area contributed by atoms with Crippen LogP contribution in [0.15, 0.2) is 95.9 Å². The number of carbonyl (C=O) groups is 1. The number of hydrogen-bond acceptors (Lipinski definition) is 3. The van der Waals surface area contributed by atoms with Gasteiger partial charge in [0.2, 0.25) is 0 Å². The van der Waals surface area contributed by atoms with Gasteiger partial charge in [-0.25, -0.2) is 13.2 Å². The van der Waals surface area contributed by atoms with Gasteiger partial charge in [-0.2, -0.15) is 0 Å². The molecule has 5 heteroatoms. The molecule has 0 spiro atoms. The molecule has 0 fully saturated rings. The van der Waals surface area contributed by atoms with Gasteiger partial charge in [0.15, 0.2) is 9.84 Å². The minimum atomic E-state index is -3.56. The quantitative estimate of drug-likeness (QED) is 0.471. The minimum Gasteiger partial charge on any atom is -0.478 e. The fourth-order valence-corrected chi connectivity index (χ4v) is 4.66. The van der Waals surface area contributed by atoms with Gasteiger partial charge in [0.25, 0.3) is 0 Å². The van der Waals surface area contributed by atoms with Gasteiger partial charge < -0.3 is 5.11 Å². The molecular formula is C26H18O4S. The average molecular weight is 426 g/mol. The van der Waals surface area contributed by atoms with Gasteiger partial charge in [-0.1, -0.05) is 60.4 Å². The molecule has 0 saturated heterocycles. The van der Waals surface area contributed by atoms with Crippen molar-refractivity contribution in [1.82, 2.24) is 0 Å². The molecule has 0 atom stereocenters. The first kappa shape index (κ1) is 20.4. The molecule has 4 aromatic rings. The highest BCUT2D eigenvalue weighted by atomic mass is 32.2. The monoisotopic (exact) mass is 426 g/mol. The first-order valence-corrected chi connectivity index (χ1v) is 11.2. The summed E-state index contributed by atoms with van der Waals surface area (Å²) in [7, 11) is -3.56. The van der Waals surface area contributed by atoms with Crippen LogP contribution in [0.1, 0.15) is 27.0 Å². The Labute approximate surface area is 180 Å². The topological polar surface area (TPSA) is 71.4 Å². The number of hydrogen-bond donors (Lipinski definition) is 1. The fourth-order valence-electron chi connectivity index (χ4n) is 3.25. The number of sulfone groups is 1. The zero-order chi connectivity index (χ0) is 21.8. The second-order valence-corrected chi connectivity index (χ2v) is 9.05. The van der Waals surface area contributed by atoms with Crippen LogP contribution >= 0.6 is 0 Å². The van der Waals surface area contributed by atoms with Crippen LogP contribution in [0.4, 0.5) is 0 Å². The summed E-state index contributed by atoms with van der Waals surface area (Å²) in [5, 5.41) is 10.9. The number of carboxylic acid groups (broad SMARTS) is 1. The molecule has 0 heterocycles. The molecule has 0 radical (unpaired) electrons. The van der Waals surface area contributed by atoms with E-state index in [1.54, 1.807) is 42.5 Å². The summed E-state index contributed by atoms with van der Waals surface area (Å²) in [6, 6.07) is 26.2. The second kappa shape index (κ2) is 8.47. The third kappa shape index (κ3) is 4.66. The normalized spacial score (nSPS) is 11.0. The predicted octanol–water partition coefficient (Wildman–Crippen LogP) is 4.91. The summed E-state index contributed by atoms with van der Waals surface area (Å²) in [5.41, 5.74) is 2.07. The lowest BCUT2D eigenvalue weighted by Gasteiger charge is -2.08. The lowest BCUT2D eigenvalue weighted by atomic mass is 10.1. The van der Waals surface area contributed by atoms with Gasteiger partial charge in [-0.05, 0) is 58.8 Å². The molecule has 0 aliphatic rings. The summed E-state index contributed by atoms with van der Waals surface area (Å²) in [4.78, 5) is 11.2. The van der Waals surface area contributed by atoms with E-state index < -0.39 is 15.8 Å². The van der Waals surface area contributed by atoms with Crippen LogP contribution in [0.5, 0.6) is 0 Å². The van der Waals surface area contributed by atoms with E-state index in [9.17, 15) is 13.2 Å². The van der Waals surface area contributed by atoms with E-state index in [1.165, 1.54) is 12.1 Å². The molecule has 0 saturated carbocycles. The standard InChI is InChI=1S/C26H18O4S/c27-26(28)22-13-10-19(11-14-22)9-12-21-6-2-4-8-24(21)18-31(29,30)25-16-15-20-5-1-3-7-23(20)17-25/h1-8,10-11,13-17H,18H2,(H,27,28). The molecule has 4 aromatic carbocycles. The van der Waals surface area contributed by atoms with Crippen molar-refractivity contribution in [3.63, 3.8) is 0 Å². The molecule has 4 rings (SSSR count). The van der Waals surface area contributed by atoms with Gasteiger partial charge >= 0.3 is 5.97 Å². The van der Waals surface area contributed by atoms with Crippen LogP contribution in [-0.2, 0) is 15.6 Å². The summed E-state index contributed by atoms with van der Waals surface area (Å²) < 4.78 is 26.1. The lowest BCUT2D eigenvalue weighted by molar-refractivity contribution is 0.0697. The van der Waals surface area contributed by atoms with Crippen molar-refractivity contribution >= 4 is 26.6 Å². The SMILES string of the molecule is O=C(O)c1ccc(C#Cc2ccccc2CS(=O)(=O)c2ccc3ccccc3c2)cc1. The van der Waals surface area contributed by atoms with Crippen molar-refractivity contribution < 1.29 is 18.3 Å². The van der Waals surface area contributed by atoms with E-state index in [2.05, 4.69) is 11.8 Å². The number of fused-ring (bicyclic) bond motifs is 1. The minimum absolute atomic E-state index is 0.159. The molecule has 0 aromatic heterocycles. The third-order valence-corrected chi connectivity index (χ3v) is 6.58. The Morgan fingerprint density at radius 3 is 2.19 bits per heavy atom. The molecule has 152 valence electrons. The fraction of sp³-hybridized carbons (Fsp3) is 0.0385. The maximum Gasteiger partial charge on any atom is 0.335 e. The van der Waals surface area contributed by atoms with Gasteiger partial charge in [0.1, 0.15) is 0 Å². The molecule has 0 bridgehead atoms. The van der Waals surface area contributed by atoms with Crippen molar-refractivity contribution in [3.8, 4) is 11.8 Å². The highest BCUT2D eigenvalue weighted by Gasteiger charge is 2.17. The highest BCUT2D eigenvalue weighted by molar-refractivity contribution is 7.90. The smallest absolute Gasteiger partial charge is 0.335 e. The summed E-state index contributed by atoms with van der Waals surface area (Å²) in [5.74, 6) is 4.84. The van der Waals surface area contributed by atoms with Crippen molar-refractivity contribution in [1.29, 1.82) is 0 Å². The number of benzene rings is 4. The molecular weight excluding hydrogens is 408 g/mol. The Morgan fingerprint density at radius 1 is 0.774 bits per heavy atom. The van der Waals surface area contributed by atoms with E-state index >= 15 is 0 Å². The van der Waals surface area contributed by atoms with Gasteiger partial charge in [-0.3, -0.25) is 0 Å². The zero-order valence-electron chi connectivity index (χ0n) is 16.4. The van der Waals surface area contributed by atoms with Crippen molar-refractivity contribution in [3.05, 3.63) is 113 Å². The Kier molecular flexibility index (Phi) is 5.57. The first-order valence-electron chi connectivity index (χ1n) is 9.57. The predicted molar refractivity (Wildman–Crippen MR) is 121 cm³/mol. The Balaban J connectivity index is 1.63. The van der Waals surface area contributed by atoms with Crippen LogP contribution in [0, 0.1) is 11.8 Å². The van der Waals surface area contributed by atoms with E-state index in [1.807, 2.05) is 36.4 Å². The molecule has 4 nitrogen and oxygen atoms in total. The molecule has 0 amide bonds. The maximum atomic E-state index is 13.1. The van der Waals surface area contributed by atoms with Crippen LogP contribution in [0.2, 0.25) is 0 Å². The first-order chi connectivity index (χ1) is 14.9. The molecule has 0 aliphatic heterocycles. The number of rotatable bonds is 4. The van der Waals surface area contributed by atoms with Crippen LogP contribution in [0.3, 0.4) is 0 Å². The van der Waals surface area contributed by atoms with Crippen molar-refractivity contribution in [2.24, 2.45) is 0 Å². The molecule has 0 aliphatic carbocycles. The average Bonchev–Trinajstić information content (AvgIpc) is 2.78. The van der Waals surface area contributed by atoms with E-state index in [0.29, 0.717) is 16.7 Å². The Hall–Kier alpha value is -3.88. The van der Waals surface area contributed by atoms with E-state index in [4.69, 9.17) is 5.11 Å². The number of aromatic carboxylic acids is 1. The second-order valence-electron chi connectivity index (χ2n) is 7.06. The summed E-state index contributed by atoms with van der Waals surface area (Å²) in [6.07, 6.45) is 0. The van der Waals surface area contributed by atoms with Crippen LogP contribution in [-0.4, -0.2) is 19.5 Å². The maximum absolute atomic E-state index is 13.1. The number of carboxylic acids is 1. The van der Waals surface area contributed by atoms with Gasteiger partial charge in [0, 0.05) is 11.1 Å². The van der Waals surface area contributed by atoms with Gasteiger partial charge in [0.05, 0.1) is 16.2 Å². The Morgan fingerprint density at radius 2 is 1.45 bits per heavy atom. The summed E-state index contributed by atoms with van der Waals surface area (Å²) >= 11 is 0.